The molecule has 9 heteroatoms. The van der Waals surface area contributed by atoms with Crippen molar-refractivity contribution in [2.24, 2.45) is 0 Å². The third-order valence-corrected chi connectivity index (χ3v) is 14.9. The maximum Gasteiger partial charge on any atom is 0.454 e. The molecular formula is C8H27Al2O5Si2-2. The van der Waals surface area contributed by atoms with Gasteiger partial charge in [0.05, 0.1) is 0 Å². The lowest BCUT2D eigenvalue weighted by Gasteiger charge is -2.48. The van der Waals surface area contributed by atoms with E-state index in [1.165, 1.54) is 0 Å². The lowest BCUT2D eigenvalue weighted by molar-refractivity contribution is 0.299. The van der Waals surface area contributed by atoms with E-state index in [-0.39, 0.29) is 5.48 Å². The maximum absolute atomic E-state index is 9.79. The topological polar surface area (TPSA) is 79.4 Å². The van der Waals surface area contributed by atoms with Crippen LogP contribution in [-0.4, -0.2) is 55.6 Å². The van der Waals surface area contributed by atoms with Crippen LogP contribution in [0.1, 0.15) is 0 Å². The summed E-state index contributed by atoms with van der Waals surface area (Å²) >= 11 is -3.65. The van der Waals surface area contributed by atoms with E-state index in [0.717, 1.165) is 0 Å². The molecule has 0 saturated heterocycles. The van der Waals surface area contributed by atoms with Crippen molar-refractivity contribution in [1.82, 2.24) is 0 Å². The second-order valence-electron chi connectivity index (χ2n) is 5.87. The molecule has 0 aliphatic rings. The first kappa shape index (κ1) is 20.6. The molecule has 0 aliphatic heterocycles. The monoisotopic (exact) mass is 313 g/mol. The van der Waals surface area contributed by atoms with Crippen LogP contribution in [0.15, 0.2) is 0 Å². The van der Waals surface area contributed by atoms with Crippen molar-refractivity contribution >= 4 is 45.3 Å². The Morgan fingerprint density at radius 3 is 1.71 bits per heavy atom. The number of rotatable bonds is 6. The molecule has 0 unspecified atom stereocenters. The average Bonchev–Trinajstić information content (AvgIpc) is 1.69. The van der Waals surface area contributed by atoms with Crippen molar-refractivity contribution in [2.45, 2.75) is 49.3 Å². The van der Waals surface area contributed by atoms with Crippen LogP contribution in [0.5, 0.6) is 0 Å². The van der Waals surface area contributed by atoms with Gasteiger partial charge in [0.2, 0.25) is 8.56 Å². The Labute approximate surface area is 115 Å². The summed E-state index contributed by atoms with van der Waals surface area (Å²) in [6.07, 6.45) is 0. The lowest BCUT2D eigenvalue weighted by atomic mass is 11.9. The minimum absolute atomic E-state index is 0. The van der Waals surface area contributed by atoms with E-state index in [1.54, 1.807) is 13.1 Å². The molecule has 0 aromatic carbocycles. The van der Waals surface area contributed by atoms with Gasteiger partial charge in [0.25, 0.3) is 8.56 Å². The van der Waals surface area contributed by atoms with Crippen LogP contribution >= 0.6 is 0 Å². The summed E-state index contributed by atoms with van der Waals surface area (Å²) in [6, 6.07) is 0. The van der Waals surface area contributed by atoms with Gasteiger partial charge >= 0.3 is 13.7 Å². The van der Waals surface area contributed by atoms with Gasteiger partial charge in [-0.3, -0.25) is 0 Å². The predicted molar refractivity (Wildman–Crippen MR) is 79.0 cm³/mol. The van der Waals surface area contributed by atoms with Gasteiger partial charge in [-0.15, -0.1) is 0 Å². The summed E-state index contributed by atoms with van der Waals surface area (Å²) < 4.78 is 17.8. The van der Waals surface area contributed by atoms with Crippen LogP contribution in [0.4, 0.5) is 0 Å². The molecule has 0 amide bonds. The molecule has 17 heavy (non-hydrogen) atoms. The van der Waals surface area contributed by atoms with Crippen molar-refractivity contribution in [3.8, 4) is 0 Å². The highest BCUT2D eigenvalue weighted by molar-refractivity contribution is 6.85. The Balaban J connectivity index is 0. The molecule has 0 spiro atoms. The third kappa shape index (κ3) is 12.1. The van der Waals surface area contributed by atoms with Gasteiger partial charge in [0.15, 0.2) is 0 Å². The van der Waals surface area contributed by atoms with E-state index in [9.17, 15) is 4.80 Å². The van der Waals surface area contributed by atoms with Gasteiger partial charge < -0.3 is 20.7 Å². The first-order valence-electron chi connectivity index (χ1n) is 5.85. The molecule has 0 aromatic heterocycles. The summed E-state index contributed by atoms with van der Waals surface area (Å²) in [4.78, 5) is 9.79. The predicted octanol–water partition coefficient (Wildman–Crippen LogP) is 1.56. The van der Waals surface area contributed by atoms with Gasteiger partial charge in [0, 0.05) is 0 Å². The van der Waals surface area contributed by atoms with E-state index >= 15 is 0 Å². The zero-order chi connectivity index (χ0) is 13.2. The number of hydrogen-bond acceptors (Lipinski definition) is 4. The van der Waals surface area contributed by atoms with Gasteiger partial charge in [-0.05, 0) is 26.2 Å². The molecule has 0 saturated carbocycles. The maximum atomic E-state index is 9.79. The highest BCUT2D eigenvalue weighted by Crippen LogP contribution is 2.20. The smallest absolute Gasteiger partial charge is 0.454 e. The van der Waals surface area contributed by atoms with Crippen LogP contribution in [0.2, 0.25) is 49.3 Å². The lowest BCUT2D eigenvalue weighted by Crippen LogP contribution is -2.54. The Hall–Kier alpha value is 1.30. The molecule has 3 N–H and O–H groups in total. The molecule has 5 nitrogen and oxygen atoms in total. The molecule has 1 radical (unpaired) electrons. The first-order chi connectivity index (χ1) is 6.83. The van der Waals surface area contributed by atoms with E-state index < -0.39 is 45.3 Å². The second kappa shape index (κ2) is 7.18. The van der Waals surface area contributed by atoms with Crippen LogP contribution < -0.4 is 0 Å². The van der Waals surface area contributed by atoms with Crippen molar-refractivity contribution < 1.29 is 20.7 Å². The molecule has 105 valence electrons. The van der Waals surface area contributed by atoms with E-state index in [4.69, 9.17) is 10.4 Å². The second-order valence-corrected chi connectivity index (χ2v) is 19.7. The Kier molecular flexibility index (Phi) is 8.71. The Bertz CT molecular complexity index is 230. The summed E-state index contributed by atoms with van der Waals surface area (Å²) in [5.74, 6) is 8.28. The van der Waals surface area contributed by atoms with Crippen LogP contribution in [0.3, 0.4) is 0 Å². The summed E-state index contributed by atoms with van der Waals surface area (Å²) in [6.45, 7) is 7.64. The molecule has 0 aliphatic carbocycles. The fourth-order valence-corrected chi connectivity index (χ4v) is 18.9. The van der Waals surface area contributed by atoms with E-state index in [1.807, 2.05) is 11.6 Å². The summed E-state index contributed by atoms with van der Waals surface area (Å²) in [5.41, 5.74) is 0. The molecule has 0 fully saturated rings. The molecule has 0 aromatic rings. The SMILES string of the molecule is O.[CH3][Al-]([CH3])[O][Si](C)(C)[O][Al-]([CH3])([CH3])[O][Si](C)(C)O. The first-order valence-corrected chi connectivity index (χ1v) is 17.6. The zero-order valence-electron chi connectivity index (χ0n) is 12.3. The van der Waals surface area contributed by atoms with Gasteiger partial charge in [-0.2, -0.15) is 11.6 Å². The zero-order valence-corrected chi connectivity index (χ0v) is 16.6. The van der Waals surface area contributed by atoms with Gasteiger partial charge in [0.1, 0.15) is 14.5 Å². The van der Waals surface area contributed by atoms with E-state index in [0.29, 0.717) is 0 Å². The van der Waals surface area contributed by atoms with Crippen molar-refractivity contribution in [2.75, 3.05) is 0 Å². The quantitative estimate of drug-likeness (QED) is 0.755. The third-order valence-electron chi connectivity index (χ3n) is 1.66. The van der Waals surface area contributed by atoms with Crippen molar-refractivity contribution in [1.29, 1.82) is 0 Å². The van der Waals surface area contributed by atoms with Crippen molar-refractivity contribution in [3.05, 3.63) is 0 Å². The average molecular weight is 313 g/mol. The van der Waals surface area contributed by atoms with Crippen LogP contribution in [0, 0.1) is 0 Å². The van der Waals surface area contributed by atoms with E-state index in [2.05, 4.69) is 24.7 Å². The van der Waals surface area contributed by atoms with Crippen LogP contribution in [-0.2, 0) is 10.4 Å². The highest BCUT2D eigenvalue weighted by atomic mass is 28.4. The molecule has 0 rings (SSSR count). The van der Waals surface area contributed by atoms with Crippen LogP contribution in [0.25, 0.3) is 0 Å². The Morgan fingerprint density at radius 1 is 1.00 bits per heavy atom. The Morgan fingerprint density at radius 2 is 1.41 bits per heavy atom. The molecule has 0 bridgehead atoms. The van der Waals surface area contributed by atoms with Gasteiger partial charge in [-0.25, -0.2) is 11.6 Å². The fraction of sp³-hybridized carbons (Fsp3) is 1.00. The largest absolute Gasteiger partial charge is 0.706 e. The number of hydrogen-bond donors (Lipinski definition) is 1. The highest BCUT2D eigenvalue weighted by Gasteiger charge is 2.35. The molecular weight excluding hydrogens is 286 g/mol. The normalized spacial score (nSPS) is 13.8. The van der Waals surface area contributed by atoms with Crippen molar-refractivity contribution in [3.63, 3.8) is 0 Å². The molecule has 0 heterocycles. The minimum Gasteiger partial charge on any atom is -0.706 e. The summed E-state index contributed by atoms with van der Waals surface area (Å²) in [5, 5.41) is 0. The fourth-order valence-electron chi connectivity index (χ4n) is 2.00. The summed E-state index contributed by atoms with van der Waals surface area (Å²) in [7, 11) is -4.58. The standard InChI is InChI=1S/C2H7O2Si.C2H6O2Si.4CH3.2Al.H2O/c2*1-5(2,3)4;;;;;;;/h3H,1-2H3;1-2H3;4*1H3;;;1H2/q-1;-2;;;;;;+1;. The van der Waals surface area contributed by atoms with Gasteiger partial charge in [-0.1, -0.05) is 0 Å². The molecule has 0 atom stereocenters. The minimum atomic E-state index is -2.57.